The second-order valence-corrected chi connectivity index (χ2v) is 5.14. The van der Waals surface area contributed by atoms with E-state index < -0.39 is 0 Å². The predicted octanol–water partition coefficient (Wildman–Crippen LogP) is 2.20. The van der Waals surface area contributed by atoms with Gasteiger partial charge in [-0.2, -0.15) is 0 Å². The average molecular weight is 244 g/mol. The maximum atomic E-state index is 9.02. The highest BCUT2D eigenvalue weighted by molar-refractivity contribution is 4.59. The monoisotopic (exact) mass is 244 g/mol. The van der Waals surface area contributed by atoms with Crippen molar-refractivity contribution in [2.75, 3.05) is 46.9 Å². The van der Waals surface area contributed by atoms with Crippen molar-refractivity contribution in [3.63, 3.8) is 0 Å². The zero-order valence-corrected chi connectivity index (χ0v) is 12.1. The Bertz CT molecular complexity index is 151. The molecular weight excluding hydrogens is 212 g/mol. The highest BCUT2D eigenvalue weighted by atomic mass is 16.3. The van der Waals surface area contributed by atoms with Crippen LogP contribution >= 0.6 is 0 Å². The van der Waals surface area contributed by atoms with E-state index in [1.165, 1.54) is 38.5 Å². The molecule has 3 nitrogen and oxygen atoms in total. The molecule has 104 valence electrons. The Balaban J connectivity index is 3.48. The zero-order chi connectivity index (χ0) is 12.9. The second-order valence-electron chi connectivity index (χ2n) is 5.14. The Labute approximate surface area is 108 Å². The van der Waals surface area contributed by atoms with Crippen LogP contribution in [0.4, 0.5) is 0 Å². The average Bonchev–Trinajstić information content (AvgIpc) is 2.30. The quantitative estimate of drug-likeness (QED) is 0.533. The van der Waals surface area contributed by atoms with Crippen LogP contribution in [0.25, 0.3) is 0 Å². The van der Waals surface area contributed by atoms with Crippen LogP contribution in [-0.4, -0.2) is 61.8 Å². The van der Waals surface area contributed by atoms with Crippen molar-refractivity contribution in [1.29, 1.82) is 0 Å². The lowest BCUT2D eigenvalue weighted by molar-refractivity contribution is 0.181. The molecular formula is C14H32N2O. The maximum Gasteiger partial charge on any atom is 0.0558 e. The van der Waals surface area contributed by atoms with Gasteiger partial charge in [-0.15, -0.1) is 0 Å². The van der Waals surface area contributed by atoms with E-state index in [0.29, 0.717) is 0 Å². The summed E-state index contributed by atoms with van der Waals surface area (Å²) in [5, 5.41) is 9.02. The summed E-state index contributed by atoms with van der Waals surface area (Å²) >= 11 is 0. The number of aliphatic hydroxyl groups excluding tert-OH is 1. The summed E-state index contributed by atoms with van der Waals surface area (Å²) in [6, 6.07) is 0. The van der Waals surface area contributed by atoms with Crippen molar-refractivity contribution >= 4 is 0 Å². The summed E-state index contributed by atoms with van der Waals surface area (Å²) in [5.74, 6) is 0. The lowest BCUT2D eigenvalue weighted by atomic mass is 10.1. The molecule has 0 unspecified atom stereocenters. The summed E-state index contributed by atoms with van der Waals surface area (Å²) in [6.45, 7) is 6.65. The van der Waals surface area contributed by atoms with E-state index >= 15 is 0 Å². The van der Waals surface area contributed by atoms with E-state index in [1.54, 1.807) is 0 Å². The van der Waals surface area contributed by atoms with Crippen molar-refractivity contribution in [2.45, 2.75) is 45.4 Å². The number of likely N-dealkylation sites (N-methyl/N-ethyl adjacent to an activating group) is 1. The van der Waals surface area contributed by atoms with Gasteiger partial charge in [0.2, 0.25) is 0 Å². The van der Waals surface area contributed by atoms with Gasteiger partial charge in [-0.25, -0.2) is 0 Å². The molecule has 0 amide bonds. The lowest BCUT2D eigenvalue weighted by Gasteiger charge is -2.23. The van der Waals surface area contributed by atoms with Crippen LogP contribution in [0.3, 0.4) is 0 Å². The number of rotatable bonds is 12. The first kappa shape index (κ1) is 16.9. The fourth-order valence-electron chi connectivity index (χ4n) is 1.93. The Morgan fingerprint density at radius 3 is 2.00 bits per heavy atom. The maximum absolute atomic E-state index is 9.02. The van der Waals surface area contributed by atoms with Crippen LogP contribution in [-0.2, 0) is 0 Å². The molecule has 0 aromatic heterocycles. The largest absolute Gasteiger partial charge is 0.395 e. The van der Waals surface area contributed by atoms with Crippen molar-refractivity contribution in [2.24, 2.45) is 0 Å². The third kappa shape index (κ3) is 12.1. The summed E-state index contributed by atoms with van der Waals surface area (Å²) in [6.07, 6.45) is 8.06. The second kappa shape index (κ2) is 12.3. The van der Waals surface area contributed by atoms with Gasteiger partial charge in [-0.3, -0.25) is 4.90 Å². The molecule has 1 N–H and O–H groups in total. The third-order valence-corrected chi connectivity index (χ3v) is 3.11. The molecule has 0 saturated carbocycles. The molecule has 0 bridgehead atoms. The molecule has 0 radical (unpaired) electrons. The highest BCUT2D eigenvalue weighted by Crippen LogP contribution is 2.05. The Hall–Kier alpha value is -0.120. The topological polar surface area (TPSA) is 26.7 Å². The molecule has 0 atom stereocenters. The van der Waals surface area contributed by atoms with Gasteiger partial charge in [0.05, 0.1) is 6.61 Å². The van der Waals surface area contributed by atoms with Crippen LogP contribution in [0, 0.1) is 0 Å². The van der Waals surface area contributed by atoms with Gasteiger partial charge in [0.25, 0.3) is 0 Å². The molecule has 0 aliphatic carbocycles. The fraction of sp³-hybridized carbons (Fsp3) is 1.00. The standard InChI is InChI=1S/C14H32N2O/c1-4-5-6-7-8-9-10-16(13-14-17)12-11-15(2)3/h17H,4-14H2,1-3H3. The number of hydrogen-bond donors (Lipinski definition) is 1. The summed E-state index contributed by atoms with van der Waals surface area (Å²) < 4.78 is 0. The molecule has 0 aromatic carbocycles. The van der Waals surface area contributed by atoms with E-state index in [2.05, 4.69) is 30.8 Å². The van der Waals surface area contributed by atoms with E-state index in [0.717, 1.165) is 26.2 Å². The zero-order valence-electron chi connectivity index (χ0n) is 12.1. The first-order valence-electron chi connectivity index (χ1n) is 7.18. The smallest absolute Gasteiger partial charge is 0.0558 e. The Morgan fingerprint density at radius 1 is 0.765 bits per heavy atom. The van der Waals surface area contributed by atoms with Crippen molar-refractivity contribution in [3.8, 4) is 0 Å². The normalized spacial score (nSPS) is 11.6. The molecule has 0 spiro atoms. The predicted molar refractivity (Wildman–Crippen MR) is 75.5 cm³/mol. The molecule has 3 heteroatoms. The van der Waals surface area contributed by atoms with Crippen LogP contribution < -0.4 is 0 Å². The van der Waals surface area contributed by atoms with Crippen molar-refractivity contribution < 1.29 is 5.11 Å². The van der Waals surface area contributed by atoms with E-state index in [4.69, 9.17) is 5.11 Å². The number of nitrogens with zero attached hydrogens (tertiary/aromatic N) is 2. The summed E-state index contributed by atoms with van der Waals surface area (Å²) in [5.41, 5.74) is 0. The van der Waals surface area contributed by atoms with Gasteiger partial charge in [0.1, 0.15) is 0 Å². The van der Waals surface area contributed by atoms with Crippen LogP contribution in [0.15, 0.2) is 0 Å². The Morgan fingerprint density at radius 2 is 1.41 bits per heavy atom. The van der Waals surface area contributed by atoms with Crippen LogP contribution in [0.2, 0.25) is 0 Å². The van der Waals surface area contributed by atoms with Gasteiger partial charge in [-0.1, -0.05) is 39.0 Å². The van der Waals surface area contributed by atoms with Gasteiger partial charge >= 0.3 is 0 Å². The first-order valence-corrected chi connectivity index (χ1v) is 7.18. The first-order chi connectivity index (χ1) is 8.20. The SMILES string of the molecule is CCCCCCCCN(CCO)CCN(C)C. The molecule has 0 aliphatic heterocycles. The minimum absolute atomic E-state index is 0.281. The third-order valence-electron chi connectivity index (χ3n) is 3.11. The van der Waals surface area contributed by atoms with Crippen molar-refractivity contribution in [1.82, 2.24) is 9.80 Å². The molecule has 17 heavy (non-hydrogen) atoms. The molecule has 0 aromatic rings. The van der Waals surface area contributed by atoms with Crippen LogP contribution in [0.5, 0.6) is 0 Å². The molecule has 0 fully saturated rings. The minimum atomic E-state index is 0.281. The molecule has 0 rings (SSSR count). The number of aliphatic hydroxyl groups is 1. The lowest BCUT2D eigenvalue weighted by Crippen LogP contribution is -2.34. The van der Waals surface area contributed by atoms with Crippen molar-refractivity contribution in [3.05, 3.63) is 0 Å². The summed E-state index contributed by atoms with van der Waals surface area (Å²) in [4.78, 5) is 4.57. The molecule has 0 aliphatic rings. The van der Waals surface area contributed by atoms with Gasteiger partial charge < -0.3 is 10.0 Å². The van der Waals surface area contributed by atoms with Gasteiger partial charge in [0, 0.05) is 19.6 Å². The van der Waals surface area contributed by atoms with E-state index in [9.17, 15) is 0 Å². The fourth-order valence-corrected chi connectivity index (χ4v) is 1.93. The molecule has 0 heterocycles. The van der Waals surface area contributed by atoms with E-state index in [-0.39, 0.29) is 6.61 Å². The van der Waals surface area contributed by atoms with Crippen LogP contribution in [0.1, 0.15) is 45.4 Å². The Kier molecular flexibility index (Phi) is 12.3. The van der Waals surface area contributed by atoms with Gasteiger partial charge in [-0.05, 0) is 27.1 Å². The minimum Gasteiger partial charge on any atom is -0.395 e. The number of unbranched alkanes of at least 4 members (excludes halogenated alkanes) is 5. The number of hydrogen-bond acceptors (Lipinski definition) is 3. The highest BCUT2D eigenvalue weighted by Gasteiger charge is 2.04. The van der Waals surface area contributed by atoms with E-state index in [1.807, 2.05) is 0 Å². The van der Waals surface area contributed by atoms with Gasteiger partial charge in [0.15, 0.2) is 0 Å². The molecule has 0 saturated heterocycles. The summed E-state index contributed by atoms with van der Waals surface area (Å²) in [7, 11) is 4.20.